The number of allylic oxidation sites excluding steroid dienone is 1. The maximum atomic E-state index is 12.5. The minimum Gasteiger partial charge on any atom is -0.289 e. The number of rotatable bonds is 5. The molecule has 0 radical (unpaired) electrons. The van der Waals surface area contributed by atoms with E-state index in [1.807, 2.05) is 30.3 Å². The maximum absolute atomic E-state index is 12.5. The van der Waals surface area contributed by atoms with Gasteiger partial charge in [0.2, 0.25) is 0 Å². The Morgan fingerprint density at radius 2 is 1.73 bits per heavy atom. The Morgan fingerprint density at radius 1 is 1.04 bits per heavy atom. The summed E-state index contributed by atoms with van der Waals surface area (Å²) in [7, 11) is 0. The van der Waals surface area contributed by atoms with Gasteiger partial charge in [-0.2, -0.15) is 18.3 Å². The molecule has 0 aliphatic heterocycles. The molecule has 132 valence electrons. The molecule has 3 aromatic rings. The van der Waals surface area contributed by atoms with E-state index in [9.17, 15) is 18.0 Å². The number of hydrogen-bond donors (Lipinski definition) is 0. The van der Waals surface area contributed by atoms with Gasteiger partial charge >= 0.3 is 6.18 Å². The van der Waals surface area contributed by atoms with Crippen molar-refractivity contribution in [3.8, 4) is 0 Å². The molecule has 1 heterocycles. The van der Waals surface area contributed by atoms with Gasteiger partial charge in [0.25, 0.3) is 0 Å². The molecule has 0 amide bonds. The van der Waals surface area contributed by atoms with E-state index in [4.69, 9.17) is 0 Å². The van der Waals surface area contributed by atoms with Gasteiger partial charge in [0.05, 0.1) is 18.3 Å². The van der Waals surface area contributed by atoms with Crippen molar-refractivity contribution in [3.63, 3.8) is 0 Å². The number of ketones is 1. The largest absolute Gasteiger partial charge is 0.416 e. The van der Waals surface area contributed by atoms with E-state index in [0.29, 0.717) is 6.54 Å². The van der Waals surface area contributed by atoms with Crippen LogP contribution in [-0.2, 0) is 12.7 Å². The molecule has 2 aromatic carbocycles. The fourth-order valence-corrected chi connectivity index (χ4v) is 2.41. The monoisotopic (exact) mass is 356 g/mol. The number of hydrogen-bond acceptors (Lipinski definition) is 2. The highest BCUT2D eigenvalue weighted by molar-refractivity contribution is 6.06. The molecule has 0 saturated carbocycles. The van der Waals surface area contributed by atoms with Crippen LogP contribution in [0.5, 0.6) is 0 Å². The number of nitrogens with zero attached hydrogens (tertiary/aromatic N) is 2. The van der Waals surface area contributed by atoms with E-state index in [1.54, 1.807) is 23.2 Å². The molecular weight excluding hydrogens is 341 g/mol. The lowest BCUT2D eigenvalue weighted by atomic mass is 10.1. The Kier molecular flexibility index (Phi) is 5.02. The molecule has 0 unspecified atom stereocenters. The van der Waals surface area contributed by atoms with Gasteiger partial charge in [0.1, 0.15) is 0 Å². The van der Waals surface area contributed by atoms with Crippen molar-refractivity contribution < 1.29 is 18.0 Å². The second-order valence-electron chi connectivity index (χ2n) is 5.73. The molecule has 0 fully saturated rings. The second-order valence-corrected chi connectivity index (χ2v) is 5.73. The van der Waals surface area contributed by atoms with Crippen molar-refractivity contribution in [2.75, 3.05) is 0 Å². The highest BCUT2D eigenvalue weighted by Gasteiger charge is 2.30. The quantitative estimate of drug-likeness (QED) is 0.484. The van der Waals surface area contributed by atoms with E-state index in [0.717, 1.165) is 23.3 Å². The average molecular weight is 356 g/mol. The first-order valence-electron chi connectivity index (χ1n) is 7.88. The molecule has 0 saturated heterocycles. The van der Waals surface area contributed by atoms with Crippen molar-refractivity contribution in [1.29, 1.82) is 0 Å². The van der Waals surface area contributed by atoms with Crippen molar-refractivity contribution >= 4 is 11.9 Å². The summed E-state index contributed by atoms with van der Waals surface area (Å²) in [6.45, 7) is 0.613. The van der Waals surface area contributed by atoms with Crippen LogP contribution in [0.4, 0.5) is 13.2 Å². The zero-order valence-electron chi connectivity index (χ0n) is 13.6. The van der Waals surface area contributed by atoms with Gasteiger partial charge in [-0.25, -0.2) is 0 Å². The van der Waals surface area contributed by atoms with Gasteiger partial charge in [-0.05, 0) is 29.8 Å². The topological polar surface area (TPSA) is 34.9 Å². The van der Waals surface area contributed by atoms with Crippen LogP contribution >= 0.6 is 0 Å². The van der Waals surface area contributed by atoms with Gasteiger partial charge in [-0.15, -0.1) is 0 Å². The predicted octanol–water partition coefficient (Wildman–Crippen LogP) is 4.85. The number of carbonyl (C=O) groups is 1. The van der Waals surface area contributed by atoms with Crippen molar-refractivity contribution in [1.82, 2.24) is 9.78 Å². The number of carbonyl (C=O) groups excluding carboxylic acids is 1. The lowest BCUT2D eigenvalue weighted by molar-refractivity contribution is -0.137. The molecule has 0 bridgehead atoms. The van der Waals surface area contributed by atoms with Crippen LogP contribution in [0.1, 0.15) is 27.0 Å². The van der Waals surface area contributed by atoms with E-state index >= 15 is 0 Å². The molecule has 0 aliphatic carbocycles. The molecule has 0 spiro atoms. The van der Waals surface area contributed by atoms with Crippen LogP contribution in [0.15, 0.2) is 73.1 Å². The van der Waals surface area contributed by atoms with E-state index in [-0.39, 0.29) is 11.3 Å². The summed E-state index contributed by atoms with van der Waals surface area (Å²) in [4.78, 5) is 12.1. The Labute approximate surface area is 148 Å². The van der Waals surface area contributed by atoms with Crippen molar-refractivity contribution in [2.45, 2.75) is 12.7 Å². The third kappa shape index (κ3) is 4.47. The minimum absolute atomic E-state index is 0.200. The second kappa shape index (κ2) is 7.39. The van der Waals surface area contributed by atoms with E-state index in [1.165, 1.54) is 18.2 Å². The standard InChI is InChI=1S/C20H15F3N2O/c21-20(22,23)18-9-7-17(8-10-18)19(26)11-6-16-12-24-25(14-16)13-15-4-2-1-3-5-15/h1-12,14H,13H2. The predicted molar refractivity (Wildman–Crippen MR) is 92.6 cm³/mol. The minimum atomic E-state index is -4.41. The van der Waals surface area contributed by atoms with Crippen LogP contribution in [0.3, 0.4) is 0 Å². The molecule has 0 aliphatic rings. The summed E-state index contributed by atoms with van der Waals surface area (Å²) in [5, 5.41) is 4.23. The zero-order valence-corrected chi connectivity index (χ0v) is 13.6. The maximum Gasteiger partial charge on any atom is 0.416 e. The van der Waals surface area contributed by atoms with Crippen LogP contribution in [0, 0.1) is 0 Å². The highest BCUT2D eigenvalue weighted by Crippen LogP contribution is 2.29. The summed E-state index contributed by atoms with van der Waals surface area (Å²) in [6.07, 6.45) is 1.93. The van der Waals surface area contributed by atoms with Gasteiger partial charge in [0, 0.05) is 17.3 Å². The first-order valence-corrected chi connectivity index (χ1v) is 7.88. The average Bonchev–Trinajstić information content (AvgIpc) is 3.07. The number of halogens is 3. The molecule has 6 heteroatoms. The van der Waals surface area contributed by atoms with Crippen molar-refractivity contribution in [2.24, 2.45) is 0 Å². The lowest BCUT2D eigenvalue weighted by Gasteiger charge is -2.06. The molecule has 26 heavy (non-hydrogen) atoms. The zero-order chi connectivity index (χ0) is 18.6. The molecule has 1 aromatic heterocycles. The van der Waals surface area contributed by atoms with E-state index < -0.39 is 11.7 Å². The Hall–Kier alpha value is -3.15. The summed E-state index contributed by atoms with van der Waals surface area (Å²) in [5.41, 5.74) is 1.26. The first-order chi connectivity index (χ1) is 12.4. The van der Waals surface area contributed by atoms with Crippen LogP contribution < -0.4 is 0 Å². The highest BCUT2D eigenvalue weighted by atomic mass is 19.4. The molecular formula is C20H15F3N2O. The summed E-state index contributed by atoms with van der Waals surface area (Å²) in [6, 6.07) is 14.0. The van der Waals surface area contributed by atoms with Crippen LogP contribution in [0.25, 0.3) is 6.08 Å². The molecule has 3 nitrogen and oxygen atoms in total. The first kappa shape index (κ1) is 17.7. The SMILES string of the molecule is O=C(C=Cc1cnn(Cc2ccccc2)c1)c1ccc(C(F)(F)F)cc1. The molecule has 0 atom stereocenters. The smallest absolute Gasteiger partial charge is 0.289 e. The van der Waals surface area contributed by atoms with E-state index in [2.05, 4.69) is 5.10 Å². The van der Waals surface area contributed by atoms with Crippen LogP contribution in [0.2, 0.25) is 0 Å². The fourth-order valence-electron chi connectivity index (χ4n) is 2.41. The third-order valence-corrected chi connectivity index (χ3v) is 3.76. The van der Waals surface area contributed by atoms with Gasteiger partial charge in [-0.3, -0.25) is 9.48 Å². The molecule has 0 N–H and O–H groups in total. The van der Waals surface area contributed by atoms with Gasteiger partial charge in [0.15, 0.2) is 5.78 Å². The number of benzene rings is 2. The Balaban J connectivity index is 1.65. The Morgan fingerprint density at radius 3 is 2.38 bits per heavy atom. The van der Waals surface area contributed by atoms with Gasteiger partial charge < -0.3 is 0 Å². The fraction of sp³-hybridized carbons (Fsp3) is 0.100. The van der Waals surface area contributed by atoms with Crippen molar-refractivity contribution in [3.05, 3.63) is 95.3 Å². The molecule has 3 rings (SSSR count). The summed E-state index contributed by atoms with van der Waals surface area (Å²) >= 11 is 0. The summed E-state index contributed by atoms with van der Waals surface area (Å²) in [5.74, 6) is -0.366. The number of aromatic nitrogens is 2. The van der Waals surface area contributed by atoms with Gasteiger partial charge in [-0.1, -0.05) is 42.5 Å². The third-order valence-electron chi connectivity index (χ3n) is 3.76. The van der Waals surface area contributed by atoms with Crippen LogP contribution in [-0.4, -0.2) is 15.6 Å². The summed E-state index contributed by atoms with van der Waals surface area (Å²) < 4.78 is 39.4. The lowest BCUT2D eigenvalue weighted by Crippen LogP contribution is -2.05. The Bertz CT molecular complexity index is 910. The normalized spacial score (nSPS) is 11.8. The number of alkyl halides is 3.